The van der Waals surface area contributed by atoms with E-state index in [1.807, 2.05) is 0 Å². The number of thiol groups is 1. The Bertz CT molecular complexity index is 145. The summed E-state index contributed by atoms with van der Waals surface area (Å²) < 4.78 is 10.6. The standard InChI is InChI=1S/C5H13O4PS/c6-3-1-2-5(4-11)10(7,8)9/h5-6,11H,1-4H2,(H2,7,8,9). The van der Waals surface area contributed by atoms with Gasteiger partial charge in [-0.15, -0.1) is 0 Å². The van der Waals surface area contributed by atoms with Gasteiger partial charge in [0.1, 0.15) is 0 Å². The molecule has 1 atom stereocenters. The summed E-state index contributed by atoms with van der Waals surface area (Å²) in [5, 5.41) is 8.40. The molecule has 0 aliphatic rings. The Labute approximate surface area is 71.2 Å². The molecule has 0 spiro atoms. The van der Waals surface area contributed by atoms with Gasteiger partial charge in [-0.2, -0.15) is 12.6 Å². The average molecular weight is 200 g/mol. The molecule has 0 rings (SSSR count). The molecule has 0 aromatic heterocycles. The van der Waals surface area contributed by atoms with E-state index in [9.17, 15) is 4.57 Å². The van der Waals surface area contributed by atoms with Crippen LogP contribution in [0.5, 0.6) is 0 Å². The zero-order valence-corrected chi connectivity index (χ0v) is 7.84. The van der Waals surface area contributed by atoms with Crippen molar-refractivity contribution in [3.8, 4) is 0 Å². The highest BCUT2D eigenvalue weighted by Crippen LogP contribution is 2.43. The fraction of sp³-hybridized carbons (Fsp3) is 1.00. The van der Waals surface area contributed by atoms with Gasteiger partial charge in [0.25, 0.3) is 0 Å². The van der Waals surface area contributed by atoms with E-state index in [0.717, 1.165) is 0 Å². The lowest BCUT2D eigenvalue weighted by molar-refractivity contribution is 0.280. The molecule has 0 radical (unpaired) electrons. The summed E-state index contributed by atoms with van der Waals surface area (Å²) in [6.07, 6.45) is 0.737. The van der Waals surface area contributed by atoms with Crippen LogP contribution in [0.15, 0.2) is 0 Å². The van der Waals surface area contributed by atoms with Crippen LogP contribution in [0.3, 0.4) is 0 Å². The van der Waals surface area contributed by atoms with Crippen molar-refractivity contribution in [2.24, 2.45) is 0 Å². The Morgan fingerprint density at radius 2 is 2.00 bits per heavy atom. The second-order valence-electron chi connectivity index (χ2n) is 2.29. The summed E-state index contributed by atoms with van der Waals surface area (Å²) in [6.45, 7) is -0.0374. The topological polar surface area (TPSA) is 77.8 Å². The third-order valence-electron chi connectivity index (χ3n) is 1.38. The van der Waals surface area contributed by atoms with Crippen LogP contribution in [-0.2, 0) is 4.57 Å². The van der Waals surface area contributed by atoms with Gasteiger partial charge in [0.2, 0.25) is 0 Å². The van der Waals surface area contributed by atoms with Crippen LogP contribution >= 0.6 is 20.2 Å². The summed E-state index contributed by atoms with van der Waals surface area (Å²) in [7, 11) is -3.99. The molecule has 0 aliphatic carbocycles. The van der Waals surface area contributed by atoms with E-state index < -0.39 is 13.3 Å². The van der Waals surface area contributed by atoms with E-state index in [1.165, 1.54) is 0 Å². The van der Waals surface area contributed by atoms with Crippen LogP contribution < -0.4 is 0 Å². The van der Waals surface area contributed by atoms with Gasteiger partial charge < -0.3 is 14.9 Å². The molecule has 68 valence electrons. The minimum atomic E-state index is -3.99. The van der Waals surface area contributed by atoms with Gasteiger partial charge >= 0.3 is 7.60 Å². The summed E-state index contributed by atoms with van der Waals surface area (Å²) >= 11 is 3.81. The van der Waals surface area contributed by atoms with Crippen LogP contribution in [0.4, 0.5) is 0 Å². The summed E-state index contributed by atoms with van der Waals surface area (Å²) in [6, 6.07) is 0. The number of aliphatic hydroxyl groups excluding tert-OH is 1. The summed E-state index contributed by atoms with van der Waals surface area (Å²) in [5.41, 5.74) is -0.710. The Kier molecular flexibility index (Phi) is 5.38. The first-order valence-electron chi connectivity index (χ1n) is 3.29. The quantitative estimate of drug-likeness (QED) is 0.378. The lowest BCUT2D eigenvalue weighted by atomic mass is 10.2. The Balaban J connectivity index is 3.86. The molecular formula is C5H13O4PS. The predicted octanol–water partition coefficient (Wildman–Crippen LogP) is 0.235. The van der Waals surface area contributed by atoms with Gasteiger partial charge in [-0.3, -0.25) is 4.57 Å². The van der Waals surface area contributed by atoms with E-state index in [-0.39, 0.29) is 12.4 Å². The minimum Gasteiger partial charge on any atom is -0.396 e. The van der Waals surface area contributed by atoms with Crippen LogP contribution in [0.25, 0.3) is 0 Å². The monoisotopic (exact) mass is 200 g/mol. The first-order chi connectivity index (χ1) is 5.02. The van der Waals surface area contributed by atoms with Gasteiger partial charge in [0.15, 0.2) is 0 Å². The fourth-order valence-corrected chi connectivity index (χ4v) is 2.25. The van der Waals surface area contributed by atoms with Crippen molar-refractivity contribution in [2.45, 2.75) is 18.5 Å². The molecule has 0 heterocycles. The number of rotatable bonds is 5. The van der Waals surface area contributed by atoms with Crippen molar-refractivity contribution in [2.75, 3.05) is 12.4 Å². The zero-order chi connectivity index (χ0) is 8.91. The van der Waals surface area contributed by atoms with Gasteiger partial charge in [-0.1, -0.05) is 0 Å². The number of aliphatic hydroxyl groups is 1. The van der Waals surface area contributed by atoms with Crippen molar-refractivity contribution in [3.05, 3.63) is 0 Å². The van der Waals surface area contributed by atoms with Crippen LogP contribution in [0, 0.1) is 0 Å². The van der Waals surface area contributed by atoms with Crippen LogP contribution in [0.2, 0.25) is 0 Å². The SMILES string of the molecule is O=P(O)(O)C(CS)CCCO. The van der Waals surface area contributed by atoms with Gasteiger partial charge in [0.05, 0.1) is 5.66 Å². The molecule has 0 amide bonds. The maximum Gasteiger partial charge on any atom is 0.329 e. The normalized spacial score (nSPS) is 14.9. The minimum absolute atomic E-state index is 0.0374. The largest absolute Gasteiger partial charge is 0.396 e. The maximum atomic E-state index is 10.6. The average Bonchev–Trinajstić information content (AvgIpc) is 1.87. The van der Waals surface area contributed by atoms with Crippen molar-refractivity contribution in [3.63, 3.8) is 0 Å². The smallest absolute Gasteiger partial charge is 0.329 e. The van der Waals surface area contributed by atoms with Crippen molar-refractivity contribution in [1.82, 2.24) is 0 Å². The lowest BCUT2D eigenvalue weighted by Crippen LogP contribution is -2.10. The second-order valence-corrected chi connectivity index (χ2v) is 4.56. The second kappa shape index (κ2) is 5.17. The Hall–Kier alpha value is 0.460. The molecule has 6 heteroatoms. The fourth-order valence-electron chi connectivity index (χ4n) is 0.693. The molecule has 0 fully saturated rings. The van der Waals surface area contributed by atoms with E-state index in [4.69, 9.17) is 14.9 Å². The molecule has 1 unspecified atom stereocenters. The van der Waals surface area contributed by atoms with Crippen molar-refractivity contribution >= 4 is 20.2 Å². The molecule has 0 aromatic rings. The van der Waals surface area contributed by atoms with Crippen LogP contribution in [-0.4, -0.2) is 32.9 Å². The molecule has 0 aromatic carbocycles. The molecule has 3 N–H and O–H groups in total. The highest BCUT2D eigenvalue weighted by molar-refractivity contribution is 7.80. The summed E-state index contributed by atoms with van der Waals surface area (Å²) in [4.78, 5) is 17.4. The van der Waals surface area contributed by atoms with Crippen molar-refractivity contribution < 1.29 is 19.5 Å². The maximum absolute atomic E-state index is 10.6. The van der Waals surface area contributed by atoms with Crippen molar-refractivity contribution in [1.29, 1.82) is 0 Å². The highest BCUT2D eigenvalue weighted by atomic mass is 32.1. The molecular weight excluding hydrogens is 187 g/mol. The third-order valence-corrected chi connectivity index (χ3v) is 3.50. The van der Waals surface area contributed by atoms with Gasteiger partial charge in [-0.05, 0) is 12.8 Å². The van der Waals surface area contributed by atoms with Gasteiger partial charge in [0, 0.05) is 12.4 Å². The molecule has 0 saturated carbocycles. The molecule has 0 saturated heterocycles. The van der Waals surface area contributed by atoms with E-state index in [1.54, 1.807) is 0 Å². The first kappa shape index (κ1) is 11.5. The molecule has 4 nitrogen and oxygen atoms in total. The van der Waals surface area contributed by atoms with E-state index >= 15 is 0 Å². The first-order valence-corrected chi connectivity index (χ1v) is 5.60. The van der Waals surface area contributed by atoms with Gasteiger partial charge in [-0.25, -0.2) is 0 Å². The van der Waals surface area contributed by atoms with E-state index in [2.05, 4.69) is 12.6 Å². The number of hydrogen-bond donors (Lipinski definition) is 4. The predicted molar refractivity (Wildman–Crippen MR) is 46.0 cm³/mol. The highest BCUT2D eigenvalue weighted by Gasteiger charge is 2.26. The van der Waals surface area contributed by atoms with Crippen LogP contribution in [0.1, 0.15) is 12.8 Å². The summed E-state index contributed by atoms with van der Waals surface area (Å²) in [5.74, 6) is 0.157. The molecule has 0 aliphatic heterocycles. The van der Waals surface area contributed by atoms with E-state index in [0.29, 0.717) is 12.8 Å². The molecule has 11 heavy (non-hydrogen) atoms. The Morgan fingerprint density at radius 3 is 2.27 bits per heavy atom. The lowest BCUT2D eigenvalue weighted by Gasteiger charge is -2.14. The Morgan fingerprint density at radius 1 is 1.45 bits per heavy atom. The number of hydrogen-bond acceptors (Lipinski definition) is 3. The zero-order valence-electron chi connectivity index (χ0n) is 6.05. The third kappa shape index (κ3) is 4.82. The molecule has 0 bridgehead atoms.